The second-order valence-electron chi connectivity index (χ2n) is 9.35. The van der Waals surface area contributed by atoms with Gasteiger partial charge >= 0.3 is 6.16 Å². The number of hydrogen-bond donors (Lipinski definition) is 5. The molecule has 3 atom stereocenters. The Bertz CT molecular complexity index is 1170. The molecule has 2 heterocycles. The Kier molecular flexibility index (Phi) is 9.10. The van der Waals surface area contributed by atoms with Crippen molar-refractivity contribution in [2.45, 2.75) is 45.2 Å². The summed E-state index contributed by atoms with van der Waals surface area (Å²) in [6.45, 7) is 3.44. The number of nitrogens with one attached hydrogen (secondary N) is 4. The number of ether oxygens (including phenoxy) is 2. The number of benzene rings is 1. The molecule has 1 fully saturated rings. The second-order valence-corrected chi connectivity index (χ2v) is 9.35. The minimum atomic E-state index is -1.63. The van der Waals surface area contributed by atoms with Gasteiger partial charge in [0.05, 0.1) is 13.2 Å². The molecule has 0 spiro atoms. The van der Waals surface area contributed by atoms with Crippen molar-refractivity contribution in [2.24, 2.45) is 11.8 Å². The van der Waals surface area contributed by atoms with E-state index in [1.54, 1.807) is 24.3 Å². The quantitative estimate of drug-likeness (QED) is 0.264. The van der Waals surface area contributed by atoms with Crippen molar-refractivity contribution in [1.82, 2.24) is 20.9 Å². The van der Waals surface area contributed by atoms with E-state index in [4.69, 9.17) is 9.84 Å². The normalized spacial score (nSPS) is 16.6. The third-order valence-electron chi connectivity index (χ3n) is 6.14. The van der Waals surface area contributed by atoms with Gasteiger partial charge in [-0.15, -0.1) is 0 Å². The summed E-state index contributed by atoms with van der Waals surface area (Å²) in [6.07, 6.45) is -0.882. The summed E-state index contributed by atoms with van der Waals surface area (Å²) < 4.78 is 9.72. The lowest BCUT2D eigenvalue weighted by Crippen LogP contribution is -2.53. The molecule has 1 saturated heterocycles. The van der Waals surface area contributed by atoms with E-state index in [0.717, 1.165) is 0 Å². The van der Waals surface area contributed by atoms with Crippen LogP contribution in [0.25, 0.3) is 10.9 Å². The van der Waals surface area contributed by atoms with Crippen LogP contribution in [0.15, 0.2) is 24.3 Å². The zero-order valence-corrected chi connectivity index (χ0v) is 21.0. The molecule has 12 nitrogen and oxygen atoms in total. The Morgan fingerprint density at radius 3 is 2.54 bits per heavy atom. The summed E-state index contributed by atoms with van der Waals surface area (Å²) in [7, 11) is 1.53. The zero-order chi connectivity index (χ0) is 27.1. The first-order valence-corrected chi connectivity index (χ1v) is 12.0. The van der Waals surface area contributed by atoms with Crippen LogP contribution in [-0.2, 0) is 19.1 Å². The summed E-state index contributed by atoms with van der Waals surface area (Å²) in [4.78, 5) is 64.8. The summed E-state index contributed by atoms with van der Waals surface area (Å²) in [6, 6.07) is 4.81. The van der Waals surface area contributed by atoms with E-state index in [0.29, 0.717) is 29.6 Å². The van der Waals surface area contributed by atoms with E-state index < -0.39 is 48.4 Å². The van der Waals surface area contributed by atoms with Gasteiger partial charge in [0.1, 0.15) is 17.5 Å². The SMILES string of the molecule is COc1cccc2[nH]c(C(=O)NC(CC(C)C)C(=O)NC(C[C@@H]3CCNC3=O)C(=O)COC(=O)O)cc12. The number of amides is 3. The van der Waals surface area contributed by atoms with Gasteiger partial charge in [-0.3, -0.25) is 19.2 Å². The average Bonchev–Trinajstić information content (AvgIpc) is 3.47. The Morgan fingerprint density at radius 2 is 1.92 bits per heavy atom. The highest BCUT2D eigenvalue weighted by Gasteiger charge is 2.33. The molecule has 12 heteroatoms. The molecule has 1 aliphatic rings. The maximum Gasteiger partial charge on any atom is 0.506 e. The topological polar surface area (TPSA) is 176 Å². The predicted molar refractivity (Wildman–Crippen MR) is 132 cm³/mol. The smallest absolute Gasteiger partial charge is 0.496 e. The number of methoxy groups -OCH3 is 1. The monoisotopic (exact) mass is 516 g/mol. The standard InChI is InChI=1S/C25H32N4O8/c1-13(2)9-18(29-24(33)19-11-15-16(27-19)5-4-6-21(15)36-3)23(32)28-17(20(30)12-37-25(34)35)10-14-7-8-26-22(14)31/h4-6,11,13-14,17-18,27H,7-10,12H2,1-3H3,(H,26,31)(H,28,32)(H,29,33)(H,34,35)/t14-,17?,18?/m0/s1. The van der Waals surface area contributed by atoms with Gasteiger partial charge in [-0.25, -0.2) is 4.79 Å². The van der Waals surface area contributed by atoms with Gasteiger partial charge in [-0.2, -0.15) is 0 Å². The molecule has 0 aliphatic carbocycles. The fourth-order valence-corrected chi connectivity index (χ4v) is 4.30. The Morgan fingerprint density at radius 1 is 1.16 bits per heavy atom. The molecule has 2 aromatic rings. The number of carboxylic acid groups (broad SMARTS) is 1. The Hall–Kier alpha value is -4.09. The highest BCUT2D eigenvalue weighted by atomic mass is 16.7. The summed E-state index contributed by atoms with van der Waals surface area (Å²) in [5.74, 6) is -1.98. The first-order chi connectivity index (χ1) is 17.6. The van der Waals surface area contributed by atoms with E-state index in [9.17, 15) is 24.0 Å². The van der Waals surface area contributed by atoms with Crippen LogP contribution in [0.5, 0.6) is 5.75 Å². The van der Waals surface area contributed by atoms with Crippen LogP contribution < -0.4 is 20.7 Å². The molecule has 0 bridgehead atoms. The molecule has 1 aromatic heterocycles. The first kappa shape index (κ1) is 27.5. The van der Waals surface area contributed by atoms with Crippen molar-refractivity contribution < 1.29 is 38.6 Å². The van der Waals surface area contributed by atoms with Gasteiger partial charge < -0.3 is 35.5 Å². The van der Waals surface area contributed by atoms with Crippen molar-refractivity contribution >= 4 is 40.6 Å². The fraction of sp³-hybridized carbons (Fsp3) is 0.480. The van der Waals surface area contributed by atoms with Crippen molar-refractivity contribution in [3.8, 4) is 5.75 Å². The molecular weight excluding hydrogens is 484 g/mol. The van der Waals surface area contributed by atoms with E-state index in [1.165, 1.54) is 7.11 Å². The van der Waals surface area contributed by atoms with Gasteiger partial charge in [-0.1, -0.05) is 19.9 Å². The molecule has 5 N–H and O–H groups in total. The molecule has 1 aliphatic heterocycles. The third kappa shape index (κ3) is 7.21. The predicted octanol–water partition coefficient (Wildman–Crippen LogP) is 1.60. The lowest BCUT2D eigenvalue weighted by atomic mass is 9.95. The number of hydrogen-bond acceptors (Lipinski definition) is 7. The number of aromatic nitrogens is 1. The van der Waals surface area contributed by atoms with E-state index in [2.05, 4.69) is 25.7 Å². The highest BCUT2D eigenvalue weighted by molar-refractivity contribution is 6.02. The average molecular weight is 517 g/mol. The highest BCUT2D eigenvalue weighted by Crippen LogP contribution is 2.26. The number of ketones is 1. The molecule has 2 unspecified atom stereocenters. The van der Waals surface area contributed by atoms with Crippen molar-refractivity contribution in [1.29, 1.82) is 0 Å². The number of carbonyl (C=O) groups excluding carboxylic acids is 4. The van der Waals surface area contributed by atoms with Gasteiger partial charge in [-0.05, 0) is 43.4 Å². The van der Waals surface area contributed by atoms with Crippen molar-refractivity contribution in [2.75, 3.05) is 20.3 Å². The third-order valence-corrected chi connectivity index (χ3v) is 6.14. The number of rotatable bonds is 12. The summed E-state index contributed by atoms with van der Waals surface area (Å²) in [5.41, 5.74) is 0.916. The lowest BCUT2D eigenvalue weighted by Gasteiger charge is -2.24. The zero-order valence-electron chi connectivity index (χ0n) is 21.0. The Balaban J connectivity index is 1.77. The first-order valence-electron chi connectivity index (χ1n) is 12.0. The van der Waals surface area contributed by atoms with Crippen molar-refractivity contribution in [3.63, 3.8) is 0 Å². The minimum Gasteiger partial charge on any atom is -0.496 e. The molecule has 3 rings (SSSR count). The summed E-state index contributed by atoms with van der Waals surface area (Å²) in [5, 5.41) is 17.5. The van der Waals surface area contributed by atoms with Crippen LogP contribution in [0.2, 0.25) is 0 Å². The molecule has 200 valence electrons. The number of fused-ring (bicyclic) bond motifs is 1. The van der Waals surface area contributed by atoms with Gasteiger partial charge in [0.2, 0.25) is 11.8 Å². The van der Waals surface area contributed by atoms with Gasteiger partial charge in [0, 0.05) is 23.4 Å². The Labute approximate surface area is 213 Å². The fourth-order valence-electron chi connectivity index (χ4n) is 4.30. The van der Waals surface area contributed by atoms with Crippen LogP contribution in [0.3, 0.4) is 0 Å². The molecular formula is C25H32N4O8. The molecule has 3 amide bonds. The molecule has 37 heavy (non-hydrogen) atoms. The minimum absolute atomic E-state index is 0.0104. The molecule has 0 saturated carbocycles. The van der Waals surface area contributed by atoms with Crippen molar-refractivity contribution in [3.05, 3.63) is 30.0 Å². The van der Waals surface area contributed by atoms with Crippen LogP contribution in [-0.4, -0.2) is 72.1 Å². The van der Waals surface area contributed by atoms with E-state index in [-0.39, 0.29) is 30.4 Å². The van der Waals surface area contributed by atoms with E-state index in [1.807, 2.05) is 13.8 Å². The van der Waals surface area contributed by atoms with Crippen LogP contribution >= 0.6 is 0 Å². The number of H-pyrrole nitrogens is 1. The van der Waals surface area contributed by atoms with Crippen LogP contribution in [0, 0.1) is 11.8 Å². The van der Waals surface area contributed by atoms with Gasteiger partial charge in [0.25, 0.3) is 5.91 Å². The van der Waals surface area contributed by atoms with Crippen LogP contribution in [0.1, 0.15) is 43.6 Å². The summed E-state index contributed by atoms with van der Waals surface area (Å²) >= 11 is 0. The number of carbonyl (C=O) groups is 5. The number of Topliss-reactive ketones (excluding diaryl/α,β-unsaturated/α-hetero) is 1. The molecule has 1 aromatic carbocycles. The lowest BCUT2D eigenvalue weighted by molar-refractivity contribution is -0.132. The molecule has 0 radical (unpaired) electrons. The largest absolute Gasteiger partial charge is 0.506 e. The van der Waals surface area contributed by atoms with Crippen LogP contribution in [0.4, 0.5) is 4.79 Å². The van der Waals surface area contributed by atoms with Gasteiger partial charge in [0.15, 0.2) is 12.4 Å². The van der Waals surface area contributed by atoms with E-state index >= 15 is 0 Å². The number of aromatic amines is 1. The maximum atomic E-state index is 13.3. The maximum absolute atomic E-state index is 13.3. The second kappa shape index (κ2) is 12.2.